The van der Waals surface area contributed by atoms with Gasteiger partial charge in [-0.2, -0.15) is 0 Å². The van der Waals surface area contributed by atoms with Crippen LogP contribution in [-0.2, 0) is 16.1 Å². The van der Waals surface area contributed by atoms with Crippen molar-refractivity contribution < 1.29 is 14.3 Å². The summed E-state index contributed by atoms with van der Waals surface area (Å²) in [6.07, 6.45) is 0. The van der Waals surface area contributed by atoms with Crippen molar-refractivity contribution in [2.75, 3.05) is 12.4 Å². The molecule has 0 aliphatic rings. The molecule has 0 fully saturated rings. The Morgan fingerprint density at radius 2 is 1.65 bits per heavy atom. The van der Waals surface area contributed by atoms with Crippen LogP contribution in [0.25, 0.3) is 0 Å². The largest absolute Gasteiger partial charge is 0.495 e. The van der Waals surface area contributed by atoms with Gasteiger partial charge in [0.1, 0.15) is 5.75 Å². The number of rotatable bonds is 4. The van der Waals surface area contributed by atoms with Gasteiger partial charge in [0, 0.05) is 16.6 Å². The fourth-order valence-corrected chi connectivity index (χ4v) is 2.12. The molecule has 0 spiro atoms. The van der Waals surface area contributed by atoms with Gasteiger partial charge < -0.3 is 15.4 Å². The van der Waals surface area contributed by atoms with Crippen LogP contribution in [0.15, 0.2) is 42.5 Å². The minimum atomic E-state index is -0.806. The number of amides is 2. The summed E-state index contributed by atoms with van der Waals surface area (Å²) in [4.78, 5) is 23.8. The van der Waals surface area contributed by atoms with Gasteiger partial charge in [0.2, 0.25) is 0 Å². The lowest BCUT2D eigenvalue weighted by atomic mass is 10.2. The van der Waals surface area contributed by atoms with Crippen LogP contribution < -0.4 is 15.4 Å². The van der Waals surface area contributed by atoms with Crippen molar-refractivity contribution in [3.63, 3.8) is 0 Å². The molecule has 0 aliphatic heterocycles. The van der Waals surface area contributed by atoms with E-state index >= 15 is 0 Å². The smallest absolute Gasteiger partial charge is 0.313 e. The highest BCUT2D eigenvalue weighted by Crippen LogP contribution is 2.27. The molecule has 0 saturated carbocycles. The van der Waals surface area contributed by atoms with Gasteiger partial charge in [-0.3, -0.25) is 9.59 Å². The summed E-state index contributed by atoms with van der Waals surface area (Å²) < 4.78 is 5.10. The molecule has 0 radical (unpaired) electrons. The average molecular weight is 353 g/mol. The van der Waals surface area contributed by atoms with E-state index in [2.05, 4.69) is 10.6 Å². The maximum atomic E-state index is 11.9. The van der Waals surface area contributed by atoms with Gasteiger partial charge in [-0.15, -0.1) is 0 Å². The Morgan fingerprint density at radius 3 is 2.30 bits per heavy atom. The first-order valence-corrected chi connectivity index (χ1v) is 7.42. The second-order valence-corrected chi connectivity index (χ2v) is 5.48. The second-order valence-electron chi connectivity index (χ2n) is 4.61. The van der Waals surface area contributed by atoms with Crippen molar-refractivity contribution >= 4 is 40.7 Å². The lowest BCUT2D eigenvalue weighted by Gasteiger charge is -2.10. The molecule has 7 heteroatoms. The molecule has 0 unspecified atom stereocenters. The molecule has 0 atom stereocenters. The Morgan fingerprint density at radius 1 is 1.00 bits per heavy atom. The highest BCUT2D eigenvalue weighted by atomic mass is 35.5. The average Bonchev–Trinajstić information content (AvgIpc) is 2.54. The van der Waals surface area contributed by atoms with Gasteiger partial charge in [-0.1, -0.05) is 35.3 Å². The van der Waals surface area contributed by atoms with Crippen LogP contribution in [0, 0.1) is 0 Å². The van der Waals surface area contributed by atoms with E-state index in [0.717, 1.165) is 5.56 Å². The molecule has 2 aromatic rings. The van der Waals surface area contributed by atoms with E-state index < -0.39 is 11.8 Å². The van der Waals surface area contributed by atoms with E-state index in [0.29, 0.717) is 21.5 Å². The molecule has 0 aliphatic carbocycles. The zero-order valence-electron chi connectivity index (χ0n) is 12.2. The van der Waals surface area contributed by atoms with Crippen molar-refractivity contribution in [3.8, 4) is 5.75 Å². The Balaban J connectivity index is 1.96. The van der Waals surface area contributed by atoms with Crippen molar-refractivity contribution in [1.82, 2.24) is 5.32 Å². The van der Waals surface area contributed by atoms with Crippen molar-refractivity contribution in [2.45, 2.75) is 6.54 Å². The number of carbonyl (C=O) groups excluding carboxylic acids is 2. The number of benzene rings is 2. The summed E-state index contributed by atoms with van der Waals surface area (Å²) in [6.45, 7) is 0.218. The van der Waals surface area contributed by atoms with E-state index in [1.807, 2.05) is 0 Å². The van der Waals surface area contributed by atoms with E-state index in [-0.39, 0.29) is 6.54 Å². The van der Waals surface area contributed by atoms with Gasteiger partial charge in [0.25, 0.3) is 0 Å². The van der Waals surface area contributed by atoms with E-state index in [9.17, 15) is 9.59 Å². The fraction of sp³-hybridized carbons (Fsp3) is 0.125. The first-order chi connectivity index (χ1) is 11.0. The normalized spacial score (nSPS) is 10.0. The molecule has 2 aromatic carbocycles. The summed E-state index contributed by atoms with van der Waals surface area (Å²) in [5.74, 6) is -1.16. The van der Waals surface area contributed by atoms with Gasteiger partial charge in [-0.05, 0) is 35.9 Å². The molecule has 0 heterocycles. The maximum absolute atomic E-state index is 11.9. The monoisotopic (exact) mass is 352 g/mol. The van der Waals surface area contributed by atoms with Crippen LogP contribution in [0.5, 0.6) is 5.75 Å². The summed E-state index contributed by atoms with van der Waals surface area (Å²) in [5, 5.41) is 6.01. The molecule has 120 valence electrons. The molecule has 0 saturated heterocycles. The number of ether oxygens (including phenoxy) is 1. The van der Waals surface area contributed by atoms with E-state index in [1.54, 1.807) is 36.4 Å². The number of hydrogen-bond acceptors (Lipinski definition) is 3. The molecular weight excluding hydrogens is 339 g/mol. The second kappa shape index (κ2) is 7.85. The standard InChI is InChI=1S/C16H14Cl2N2O3/c1-23-14-7-6-12(18)8-13(14)20-16(22)15(21)19-9-10-2-4-11(17)5-3-10/h2-8H,9H2,1H3,(H,19,21)(H,20,22). The Kier molecular flexibility index (Phi) is 5.84. The Labute approximate surface area is 143 Å². The molecular formula is C16H14Cl2N2O3. The first-order valence-electron chi connectivity index (χ1n) is 6.67. The number of nitrogens with one attached hydrogen (secondary N) is 2. The third kappa shape index (κ3) is 4.87. The van der Waals surface area contributed by atoms with Crippen LogP contribution in [0.4, 0.5) is 5.69 Å². The molecule has 0 bridgehead atoms. The summed E-state index contributed by atoms with van der Waals surface area (Å²) >= 11 is 11.7. The number of hydrogen-bond donors (Lipinski definition) is 2. The van der Waals surface area contributed by atoms with Crippen LogP contribution in [0.1, 0.15) is 5.56 Å². The lowest BCUT2D eigenvalue weighted by molar-refractivity contribution is -0.136. The summed E-state index contributed by atoms with van der Waals surface area (Å²) in [5.41, 5.74) is 1.16. The minimum absolute atomic E-state index is 0.218. The SMILES string of the molecule is COc1ccc(Cl)cc1NC(=O)C(=O)NCc1ccc(Cl)cc1. The third-order valence-electron chi connectivity index (χ3n) is 2.98. The van der Waals surface area contributed by atoms with Crippen LogP contribution in [0.2, 0.25) is 10.0 Å². The van der Waals surface area contributed by atoms with Crippen molar-refractivity contribution in [1.29, 1.82) is 0 Å². The van der Waals surface area contributed by atoms with Gasteiger partial charge in [-0.25, -0.2) is 0 Å². The van der Waals surface area contributed by atoms with Crippen molar-refractivity contribution in [2.24, 2.45) is 0 Å². The van der Waals surface area contributed by atoms with Gasteiger partial charge >= 0.3 is 11.8 Å². The van der Waals surface area contributed by atoms with E-state index in [1.165, 1.54) is 13.2 Å². The fourth-order valence-electron chi connectivity index (χ4n) is 1.82. The zero-order valence-corrected chi connectivity index (χ0v) is 13.7. The van der Waals surface area contributed by atoms with E-state index in [4.69, 9.17) is 27.9 Å². The molecule has 2 rings (SSSR count). The number of methoxy groups -OCH3 is 1. The third-order valence-corrected chi connectivity index (χ3v) is 3.47. The first kappa shape index (κ1) is 17.1. The quantitative estimate of drug-likeness (QED) is 0.830. The van der Waals surface area contributed by atoms with Crippen LogP contribution >= 0.6 is 23.2 Å². The number of anilines is 1. The molecule has 0 aromatic heterocycles. The number of carbonyl (C=O) groups is 2. The number of halogens is 2. The predicted molar refractivity (Wildman–Crippen MR) is 89.9 cm³/mol. The molecule has 5 nitrogen and oxygen atoms in total. The van der Waals surface area contributed by atoms with Gasteiger partial charge in [0.05, 0.1) is 12.8 Å². The molecule has 2 amide bonds. The van der Waals surface area contributed by atoms with Crippen LogP contribution in [0.3, 0.4) is 0 Å². The molecule has 23 heavy (non-hydrogen) atoms. The van der Waals surface area contributed by atoms with Crippen molar-refractivity contribution in [3.05, 3.63) is 58.1 Å². The predicted octanol–water partition coefficient (Wildman–Crippen LogP) is 3.26. The Bertz CT molecular complexity index is 718. The summed E-state index contributed by atoms with van der Waals surface area (Å²) in [6, 6.07) is 11.7. The Hall–Kier alpha value is -2.24. The molecule has 2 N–H and O–H groups in total. The van der Waals surface area contributed by atoms with Gasteiger partial charge in [0.15, 0.2) is 0 Å². The topological polar surface area (TPSA) is 67.4 Å². The maximum Gasteiger partial charge on any atom is 0.313 e. The summed E-state index contributed by atoms with van der Waals surface area (Å²) in [7, 11) is 1.46. The zero-order chi connectivity index (χ0) is 16.8. The lowest BCUT2D eigenvalue weighted by Crippen LogP contribution is -2.35. The van der Waals surface area contributed by atoms with Crippen LogP contribution in [-0.4, -0.2) is 18.9 Å². The highest BCUT2D eigenvalue weighted by molar-refractivity contribution is 6.40. The minimum Gasteiger partial charge on any atom is -0.495 e. The highest BCUT2D eigenvalue weighted by Gasteiger charge is 2.15.